The van der Waals surface area contributed by atoms with Gasteiger partial charge in [-0.1, -0.05) is 20.8 Å². The highest BCUT2D eigenvalue weighted by Gasteiger charge is 2.45. The zero-order valence-electron chi connectivity index (χ0n) is 10.3. The number of allylic oxidation sites excluding steroid dienone is 1. The van der Waals surface area contributed by atoms with Crippen LogP contribution in [-0.2, 0) is 4.74 Å². The highest BCUT2D eigenvalue weighted by Crippen LogP contribution is 2.45. The number of hydrogen-bond donors (Lipinski definition) is 0. The molecule has 0 fully saturated rings. The highest BCUT2D eigenvalue weighted by molar-refractivity contribution is 5.78. The fourth-order valence-corrected chi connectivity index (χ4v) is 1.51. The van der Waals surface area contributed by atoms with E-state index in [0.29, 0.717) is 0 Å². The van der Waals surface area contributed by atoms with Crippen molar-refractivity contribution in [3.8, 4) is 0 Å². The molecule has 1 aliphatic rings. The molecule has 0 aromatic carbocycles. The molecular weight excluding hydrogens is 188 g/mol. The molecule has 0 aromatic rings. The fraction of sp³-hybridized carbons (Fsp3) is 0.667. The predicted molar refractivity (Wildman–Crippen MR) is 64.6 cm³/mol. The van der Waals surface area contributed by atoms with Crippen molar-refractivity contribution < 1.29 is 4.74 Å². The molecular formula is C12H20N2O. The van der Waals surface area contributed by atoms with Crippen LogP contribution >= 0.6 is 0 Å². The van der Waals surface area contributed by atoms with Crippen LogP contribution in [0.15, 0.2) is 21.4 Å². The molecule has 0 spiro atoms. The Kier molecular flexibility index (Phi) is 3.03. The summed E-state index contributed by atoms with van der Waals surface area (Å²) in [7, 11) is 1.73. The normalized spacial score (nSPS) is 27.3. The monoisotopic (exact) mass is 208 g/mol. The molecule has 0 saturated heterocycles. The number of nitrogens with zero attached hydrogens (tertiary/aromatic N) is 2. The van der Waals surface area contributed by atoms with E-state index in [1.54, 1.807) is 13.3 Å². The van der Waals surface area contributed by atoms with Crippen LogP contribution in [0.25, 0.3) is 0 Å². The molecule has 0 radical (unpaired) electrons. The average molecular weight is 208 g/mol. The van der Waals surface area contributed by atoms with E-state index in [0.717, 1.165) is 17.9 Å². The van der Waals surface area contributed by atoms with Crippen molar-refractivity contribution in [2.24, 2.45) is 15.4 Å². The maximum absolute atomic E-state index is 5.95. The Morgan fingerprint density at radius 1 is 1.47 bits per heavy atom. The summed E-state index contributed by atoms with van der Waals surface area (Å²) in [6, 6.07) is 0. The number of rotatable bonds is 2. The zero-order chi connectivity index (χ0) is 11.7. The SMILES string of the molecule is C=NC1=C(C=NC)O[C@](C)(C(C)(C)C)C1. The second-order valence-electron chi connectivity index (χ2n) is 5.12. The summed E-state index contributed by atoms with van der Waals surface area (Å²) in [4.78, 5) is 7.98. The van der Waals surface area contributed by atoms with Gasteiger partial charge in [0.1, 0.15) is 5.60 Å². The molecule has 84 valence electrons. The van der Waals surface area contributed by atoms with E-state index in [-0.39, 0.29) is 11.0 Å². The van der Waals surface area contributed by atoms with Gasteiger partial charge in [-0.25, -0.2) is 0 Å². The fourth-order valence-electron chi connectivity index (χ4n) is 1.51. The van der Waals surface area contributed by atoms with Gasteiger partial charge in [0.15, 0.2) is 5.76 Å². The van der Waals surface area contributed by atoms with E-state index in [4.69, 9.17) is 4.74 Å². The van der Waals surface area contributed by atoms with Crippen molar-refractivity contribution >= 4 is 12.9 Å². The topological polar surface area (TPSA) is 34.0 Å². The molecule has 3 heteroatoms. The van der Waals surface area contributed by atoms with E-state index in [2.05, 4.69) is 44.4 Å². The molecule has 0 amide bonds. The van der Waals surface area contributed by atoms with Crippen LogP contribution in [0, 0.1) is 5.41 Å². The Labute approximate surface area is 92.0 Å². The van der Waals surface area contributed by atoms with E-state index in [1.165, 1.54) is 0 Å². The van der Waals surface area contributed by atoms with Gasteiger partial charge in [-0.2, -0.15) is 0 Å². The Morgan fingerprint density at radius 3 is 2.47 bits per heavy atom. The van der Waals surface area contributed by atoms with Crippen molar-refractivity contribution in [1.82, 2.24) is 0 Å². The summed E-state index contributed by atoms with van der Waals surface area (Å²) < 4.78 is 5.95. The molecule has 1 atom stereocenters. The first-order chi connectivity index (χ1) is 6.84. The zero-order valence-corrected chi connectivity index (χ0v) is 10.3. The lowest BCUT2D eigenvalue weighted by atomic mass is 9.76. The summed E-state index contributed by atoms with van der Waals surface area (Å²) in [5.41, 5.74) is 0.741. The third kappa shape index (κ3) is 2.11. The Bertz CT molecular complexity index is 323. The minimum absolute atomic E-state index is 0.0618. The summed E-state index contributed by atoms with van der Waals surface area (Å²) in [6.45, 7) is 12.2. The molecule has 3 nitrogen and oxygen atoms in total. The quantitative estimate of drug-likeness (QED) is 0.642. The average Bonchev–Trinajstić information content (AvgIpc) is 2.43. The third-order valence-electron chi connectivity index (χ3n) is 3.15. The van der Waals surface area contributed by atoms with Gasteiger partial charge >= 0.3 is 0 Å². The van der Waals surface area contributed by atoms with Crippen LogP contribution in [0.3, 0.4) is 0 Å². The van der Waals surface area contributed by atoms with Crippen LogP contribution in [0.1, 0.15) is 34.1 Å². The maximum Gasteiger partial charge on any atom is 0.159 e. The maximum atomic E-state index is 5.95. The second-order valence-corrected chi connectivity index (χ2v) is 5.12. The van der Waals surface area contributed by atoms with Crippen LogP contribution in [0.5, 0.6) is 0 Å². The van der Waals surface area contributed by atoms with Gasteiger partial charge in [-0.3, -0.25) is 9.98 Å². The van der Waals surface area contributed by atoms with E-state index < -0.39 is 0 Å². The summed E-state index contributed by atoms with van der Waals surface area (Å²) in [5, 5.41) is 0. The standard InChI is InChI=1S/C12H20N2O/c1-11(2,3)12(4)7-9(14-6)10(15-12)8-13-5/h8H,6-7H2,1-5H3/t12-/m0/s1. The van der Waals surface area contributed by atoms with Crippen molar-refractivity contribution in [2.75, 3.05) is 7.05 Å². The molecule has 0 N–H and O–H groups in total. The van der Waals surface area contributed by atoms with Crippen LogP contribution in [-0.4, -0.2) is 25.6 Å². The van der Waals surface area contributed by atoms with Gasteiger partial charge in [0, 0.05) is 18.9 Å². The largest absolute Gasteiger partial charge is 0.483 e. The predicted octanol–water partition coefficient (Wildman–Crippen LogP) is 2.82. The molecule has 0 unspecified atom stereocenters. The summed E-state index contributed by atoms with van der Waals surface area (Å²) in [5.74, 6) is 0.755. The Hall–Kier alpha value is -1.12. The van der Waals surface area contributed by atoms with Gasteiger partial charge in [0.25, 0.3) is 0 Å². The van der Waals surface area contributed by atoms with E-state index >= 15 is 0 Å². The summed E-state index contributed by atoms with van der Waals surface area (Å²) in [6.07, 6.45) is 2.50. The number of hydrogen-bond acceptors (Lipinski definition) is 3. The Balaban J connectivity index is 2.99. The lowest BCUT2D eigenvalue weighted by molar-refractivity contribution is -0.0406. The molecule has 1 heterocycles. The van der Waals surface area contributed by atoms with E-state index in [9.17, 15) is 0 Å². The lowest BCUT2D eigenvalue weighted by Crippen LogP contribution is -2.39. The van der Waals surface area contributed by atoms with Crippen LogP contribution < -0.4 is 0 Å². The molecule has 1 rings (SSSR count). The first-order valence-corrected chi connectivity index (χ1v) is 5.15. The second kappa shape index (κ2) is 3.80. The molecule has 0 aliphatic carbocycles. The minimum atomic E-state index is -0.222. The van der Waals surface area contributed by atoms with Crippen LogP contribution in [0.4, 0.5) is 0 Å². The van der Waals surface area contributed by atoms with Crippen molar-refractivity contribution in [3.05, 3.63) is 11.5 Å². The van der Waals surface area contributed by atoms with Gasteiger partial charge in [0.05, 0.1) is 11.9 Å². The first kappa shape index (κ1) is 12.0. The van der Waals surface area contributed by atoms with E-state index in [1.807, 2.05) is 0 Å². The van der Waals surface area contributed by atoms with Crippen molar-refractivity contribution in [3.63, 3.8) is 0 Å². The molecule has 0 aromatic heterocycles. The minimum Gasteiger partial charge on any atom is -0.483 e. The smallest absolute Gasteiger partial charge is 0.159 e. The number of aliphatic imine (C=N–C) groups is 2. The van der Waals surface area contributed by atoms with Crippen LogP contribution in [0.2, 0.25) is 0 Å². The number of ether oxygens (including phenoxy) is 1. The Morgan fingerprint density at radius 2 is 2.07 bits per heavy atom. The highest BCUT2D eigenvalue weighted by atomic mass is 16.5. The van der Waals surface area contributed by atoms with Gasteiger partial charge in [-0.15, -0.1) is 0 Å². The molecule has 0 bridgehead atoms. The summed E-state index contributed by atoms with van der Waals surface area (Å²) >= 11 is 0. The third-order valence-corrected chi connectivity index (χ3v) is 3.15. The van der Waals surface area contributed by atoms with Crippen molar-refractivity contribution in [2.45, 2.75) is 39.7 Å². The van der Waals surface area contributed by atoms with Crippen molar-refractivity contribution in [1.29, 1.82) is 0 Å². The first-order valence-electron chi connectivity index (χ1n) is 5.15. The van der Waals surface area contributed by atoms with Gasteiger partial charge in [-0.05, 0) is 13.6 Å². The molecule has 15 heavy (non-hydrogen) atoms. The molecule has 1 aliphatic heterocycles. The van der Waals surface area contributed by atoms with Gasteiger partial charge in [0.2, 0.25) is 0 Å². The molecule has 0 saturated carbocycles. The van der Waals surface area contributed by atoms with Gasteiger partial charge < -0.3 is 4.74 Å². The lowest BCUT2D eigenvalue weighted by Gasteiger charge is -2.38.